The molecule has 0 aromatic heterocycles. The Labute approximate surface area is 267 Å². The molecule has 4 rings (SSSR count). The van der Waals surface area contributed by atoms with Crippen molar-refractivity contribution < 1.29 is 34.7 Å². The van der Waals surface area contributed by atoms with Gasteiger partial charge in [0.15, 0.2) is 0 Å². The van der Waals surface area contributed by atoms with E-state index in [2.05, 4.69) is 13.8 Å². The van der Waals surface area contributed by atoms with E-state index in [4.69, 9.17) is 17.8 Å². The fraction of sp³-hybridized carbons (Fsp3) is 0.314. The number of hydrogen-bond donors (Lipinski definition) is 0. The van der Waals surface area contributed by atoms with Crippen LogP contribution in [0.4, 0.5) is 0 Å². The second-order valence-electron chi connectivity index (χ2n) is 11.1. The van der Waals surface area contributed by atoms with Gasteiger partial charge >= 0.3 is 20.2 Å². The van der Waals surface area contributed by atoms with Gasteiger partial charge in [0, 0.05) is 5.41 Å². The molecular weight excluding hydrogens is 613 g/mol. The summed E-state index contributed by atoms with van der Waals surface area (Å²) in [6.07, 6.45) is 3.86. The largest absolute Gasteiger partial charge is 0.494 e. The number of hydrogen-bond acceptors (Lipinski definition) is 8. The smallest absolute Gasteiger partial charge is 0.339 e. The van der Waals surface area contributed by atoms with E-state index >= 15 is 0 Å². The van der Waals surface area contributed by atoms with Crippen molar-refractivity contribution in [1.82, 2.24) is 0 Å². The molecule has 4 aromatic rings. The topological polar surface area (TPSA) is 105 Å². The van der Waals surface area contributed by atoms with Crippen LogP contribution >= 0.6 is 0 Å². The third-order valence-electron chi connectivity index (χ3n) is 7.32. The van der Waals surface area contributed by atoms with Crippen LogP contribution in [-0.2, 0) is 25.7 Å². The molecule has 0 aliphatic carbocycles. The zero-order valence-electron chi connectivity index (χ0n) is 26.1. The molecule has 0 atom stereocenters. The SMILES string of the molecule is CCCCOc1ccc(S(=O)(=O)Oc2ccc(C(C)(C)c3ccc(OS(=O)(=O)c4ccc(OCCCC)cc4)cc3)cc2)cc1. The molecule has 0 unspecified atom stereocenters. The van der Waals surface area contributed by atoms with E-state index in [1.165, 1.54) is 24.3 Å². The Hall–Kier alpha value is -4.02. The molecule has 0 heterocycles. The van der Waals surface area contributed by atoms with Gasteiger partial charge in [-0.2, -0.15) is 16.8 Å². The Balaban J connectivity index is 1.39. The highest BCUT2D eigenvalue weighted by molar-refractivity contribution is 7.87. The van der Waals surface area contributed by atoms with E-state index in [1.807, 2.05) is 13.8 Å². The summed E-state index contributed by atoms with van der Waals surface area (Å²) in [5, 5.41) is 0. The molecule has 8 nitrogen and oxygen atoms in total. The molecule has 0 fully saturated rings. The Bertz CT molecular complexity index is 1600. The minimum Gasteiger partial charge on any atom is -0.494 e. The molecular formula is C35H40O8S2. The molecule has 45 heavy (non-hydrogen) atoms. The predicted molar refractivity (Wildman–Crippen MR) is 174 cm³/mol. The minimum absolute atomic E-state index is 0.0347. The molecule has 0 spiro atoms. The predicted octanol–water partition coefficient (Wildman–Crippen LogP) is 7.91. The van der Waals surface area contributed by atoms with Crippen molar-refractivity contribution in [2.75, 3.05) is 13.2 Å². The lowest BCUT2D eigenvalue weighted by Gasteiger charge is -2.26. The average Bonchev–Trinajstić information content (AvgIpc) is 3.02. The molecule has 0 saturated heterocycles. The highest BCUT2D eigenvalue weighted by Gasteiger charge is 2.25. The maximum atomic E-state index is 12.8. The third-order valence-corrected chi connectivity index (χ3v) is 9.84. The molecule has 0 aliphatic rings. The van der Waals surface area contributed by atoms with Crippen molar-refractivity contribution in [1.29, 1.82) is 0 Å². The number of rotatable bonds is 16. The summed E-state index contributed by atoms with van der Waals surface area (Å²) in [6.45, 7) is 9.32. The lowest BCUT2D eigenvalue weighted by atomic mass is 9.78. The van der Waals surface area contributed by atoms with Crippen molar-refractivity contribution in [2.45, 2.75) is 68.6 Å². The van der Waals surface area contributed by atoms with Crippen molar-refractivity contribution in [3.63, 3.8) is 0 Å². The van der Waals surface area contributed by atoms with Crippen molar-refractivity contribution >= 4 is 20.2 Å². The first-order valence-electron chi connectivity index (χ1n) is 15.0. The van der Waals surface area contributed by atoms with Gasteiger partial charge in [-0.25, -0.2) is 0 Å². The van der Waals surface area contributed by atoms with Crippen LogP contribution in [0, 0.1) is 0 Å². The fourth-order valence-electron chi connectivity index (χ4n) is 4.44. The molecule has 240 valence electrons. The monoisotopic (exact) mass is 652 g/mol. The normalized spacial score (nSPS) is 12.0. The van der Waals surface area contributed by atoms with E-state index in [-0.39, 0.29) is 21.3 Å². The average molecular weight is 653 g/mol. The molecule has 0 aliphatic heterocycles. The van der Waals surface area contributed by atoms with Crippen LogP contribution in [0.15, 0.2) is 107 Å². The van der Waals surface area contributed by atoms with E-state index < -0.39 is 25.7 Å². The molecule has 0 bridgehead atoms. The van der Waals surface area contributed by atoms with Gasteiger partial charge in [-0.3, -0.25) is 0 Å². The van der Waals surface area contributed by atoms with E-state index in [1.54, 1.807) is 72.8 Å². The van der Waals surface area contributed by atoms with Gasteiger partial charge in [-0.05, 0) is 96.8 Å². The highest BCUT2D eigenvalue weighted by Crippen LogP contribution is 2.34. The molecule has 0 amide bonds. The van der Waals surface area contributed by atoms with Crippen molar-refractivity contribution in [2.24, 2.45) is 0 Å². The Morgan fingerprint density at radius 3 is 1.11 bits per heavy atom. The van der Waals surface area contributed by atoms with E-state index in [0.29, 0.717) is 24.7 Å². The van der Waals surface area contributed by atoms with Crippen LogP contribution in [0.1, 0.15) is 64.5 Å². The lowest BCUT2D eigenvalue weighted by molar-refractivity contribution is 0.309. The quantitative estimate of drug-likeness (QED) is 0.0889. The van der Waals surface area contributed by atoms with E-state index in [0.717, 1.165) is 36.8 Å². The fourth-order valence-corrected chi connectivity index (χ4v) is 6.30. The van der Waals surface area contributed by atoms with Gasteiger partial charge in [0.1, 0.15) is 32.8 Å². The lowest BCUT2D eigenvalue weighted by Crippen LogP contribution is -2.19. The van der Waals surface area contributed by atoms with Crippen LogP contribution < -0.4 is 17.8 Å². The van der Waals surface area contributed by atoms with Crippen molar-refractivity contribution in [3.8, 4) is 23.0 Å². The summed E-state index contributed by atoms with van der Waals surface area (Å²) in [4.78, 5) is 0.0695. The van der Waals surface area contributed by atoms with Gasteiger partial charge < -0.3 is 17.8 Å². The zero-order chi connectivity index (χ0) is 32.5. The molecule has 0 N–H and O–H groups in total. The maximum absolute atomic E-state index is 12.8. The Morgan fingerprint density at radius 2 is 0.800 bits per heavy atom. The summed E-state index contributed by atoms with van der Waals surface area (Å²) < 4.78 is 73.3. The summed E-state index contributed by atoms with van der Waals surface area (Å²) in [7, 11) is -8.06. The van der Waals surface area contributed by atoms with Crippen LogP contribution in [0.5, 0.6) is 23.0 Å². The summed E-state index contributed by atoms with van der Waals surface area (Å²) in [6, 6.07) is 26.0. The summed E-state index contributed by atoms with van der Waals surface area (Å²) in [5.41, 5.74) is 1.32. The zero-order valence-corrected chi connectivity index (χ0v) is 27.7. The van der Waals surface area contributed by atoms with Gasteiger partial charge in [-0.1, -0.05) is 64.8 Å². The first-order chi connectivity index (χ1) is 21.4. The van der Waals surface area contributed by atoms with Crippen LogP contribution in [-0.4, -0.2) is 30.0 Å². The molecule has 10 heteroatoms. The Kier molecular flexibility index (Phi) is 11.2. The standard InChI is InChI=1S/C35H40O8S2/c1-5-7-25-40-29-17-21-33(22-18-29)44(36,37)42-31-13-9-27(10-14-31)35(3,4)28-11-15-32(16-12-28)43-45(38,39)34-23-19-30(20-24-34)41-26-8-6-2/h9-24H,5-8,25-26H2,1-4H3. The Morgan fingerprint density at radius 1 is 0.489 bits per heavy atom. The third kappa shape index (κ3) is 9.02. The van der Waals surface area contributed by atoms with Gasteiger partial charge in [0.05, 0.1) is 13.2 Å². The highest BCUT2D eigenvalue weighted by atomic mass is 32.2. The second kappa shape index (κ2) is 14.8. The number of benzene rings is 4. The second-order valence-corrected chi connectivity index (χ2v) is 14.2. The van der Waals surface area contributed by atoms with Gasteiger partial charge in [0.2, 0.25) is 0 Å². The van der Waals surface area contributed by atoms with Crippen LogP contribution in [0.25, 0.3) is 0 Å². The van der Waals surface area contributed by atoms with Gasteiger partial charge in [0.25, 0.3) is 0 Å². The van der Waals surface area contributed by atoms with Gasteiger partial charge in [-0.15, -0.1) is 0 Å². The first-order valence-corrected chi connectivity index (χ1v) is 17.8. The van der Waals surface area contributed by atoms with Crippen LogP contribution in [0.2, 0.25) is 0 Å². The molecule has 0 saturated carbocycles. The van der Waals surface area contributed by atoms with Crippen LogP contribution in [0.3, 0.4) is 0 Å². The van der Waals surface area contributed by atoms with E-state index in [9.17, 15) is 16.8 Å². The minimum atomic E-state index is -4.03. The number of unbranched alkanes of at least 4 members (excludes halogenated alkanes) is 2. The number of ether oxygens (including phenoxy) is 2. The first kappa shape index (κ1) is 33.9. The maximum Gasteiger partial charge on any atom is 0.339 e. The molecule has 4 aromatic carbocycles. The van der Waals surface area contributed by atoms with Crippen molar-refractivity contribution in [3.05, 3.63) is 108 Å². The molecule has 0 radical (unpaired) electrons. The summed E-state index contributed by atoms with van der Waals surface area (Å²) in [5.74, 6) is 1.58. The summed E-state index contributed by atoms with van der Waals surface area (Å²) >= 11 is 0.